The first kappa shape index (κ1) is 44.1. The number of sulfone groups is 1. The topological polar surface area (TPSA) is 105 Å². The van der Waals surface area contributed by atoms with E-state index in [2.05, 4.69) is 51.8 Å². The summed E-state index contributed by atoms with van der Waals surface area (Å²) in [5.41, 5.74) is 3.61. The van der Waals surface area contributed by atoms with Gasteiger partial charge in [0.1, 0.15) is 18.1 Å². The Morgan fingerprint density at radius 1 is 0.839 bits per heavy atom. The summed E-state index contributed by atoms with van der Waals surface area (Å²) < 4.78 is 67.0. The van der Waals surface area contributed by atoms with Crippen LogP contribution in [0.25, 0.3) is 0 Å². The number of hydrogen-bond donors (Lipinski definition) is 1. The molecule has 0 radical (unpaired) electrons. The second-order valence-corrected chi connectivity index (χ2v) is 23.6. The molecule has 1 saturated heterocycles. The van der Waals surface area contributed by atoms with Crippen molar-refractivity contribution in [2.75, 3.05) is 71.7 Å². The molecule has 0 amide bonds. The van der Waals surface area contributed by atoms with Gasteiger partial charge >= 0.3 is 0 Å². The lowest BCUT2D eigenvalue weighted by molar-refractivity contribution is -0.0656. The van der Waals surface area contributed by atoms with Crippen LogP contribution < -0.4 is 19.7 Å². The minimum atomic E-state index is -4.03. The molecule has 3 aromatic carbocycles. The van der Waals surface area contributed by atoms with Crippen molar-refractivity contribution < 1.29 is 36.5 Å². The molecular formula is C44H66N2O8SSi. The van der Waals surface area contributed by atoms with Gasteiger partial charge in [-0.2, -0.15) is 0 Å². The lowest BCUT2D eigenvalue weighted by atomic mass is 9.85. The number of anilines is 1. The highest BCUT2D eigenvalue weighted by molar-refractivity contribution is 7.91. The molecule has 310 valence electrons. The molecule has 12 heteroatoms. The van der Waals surface area contributed by atoms with Crippen LogP contribution >= 0.6 is 0 Å². The Morgan fingerprint density at radius 3 is 2.16 bits per heavy atom. The summed E-state index contributed by atoms with van der Waals surface area (Å²) in [6.07, 6.45) is 0.778. The number of nitrogens with one attached hydrogen (secondary N) is 1. The Hall–Kier alpha value is -2.97. The first-order chi connectivity index (χ1) is 26.8. The fourth-order valence-electron chi connectivity index (χ4n) is 8.86. The van der Waals surface area contributed by atoms with E-state index in [9.17, 15) is 8.42 Å². The molecule has 2 aliphatic rings. The SMILES string of the molecule is COCCCN1CCOc2ccc(C(O[C@H]3CNC[C@@H](OCCCO[Si](C(C)C)(C(C)C)C(C)C)[C@@H]3c3ccc(OC)cc3)S(=O)(=O)c3ccc(C)cc3)cc21. The van der Waals surface area contributed by atoms with Crippen molar-refractivity contribution in [2.45, 2.75) is 106 Å². The van der Waals surface area contributed by atoms with Gasteiger partial charge in [-0.25, -0.2) is 8.42 Å². The van der Waals surface area contributed by atoms with Gasteiger partial charge < -0.3 is 38.3 Å². The highest BCUT2D eigenvalue weighted by Crippen LogP contribution is 2.43. The summed E-state index contributed by atoms with van der Waals surface area (Å²) in [6, 6.07) is 20.6. The Labute approximate surface area is 337 Å². The summed E-state index contributed by atoms with van der Waals surface area (Å²) in [4.78, 5) is 2.45. The van der Waals surface area contributed by atoms with Gasteiger partial charge in [-0.1, -0.05) is 77.4 Å². The first-order valence-electron chi connectivity index (χ1n) is 20.4. The third kappa shape index (κ3) is 10.2. The average molecular weight is 811 g/mol. The number of rotatable bonds is 20. The Balaban J connectivity index is 1.46. The highest BCUT2D eigenvalue weighted by Gasteiger charge is 2.45. The van der Waals surface area contributed by atoms with Crippen molar-refractivity contribution in [3.8, 4) is 11.5 Å². The van der Waals surface area contributed by atoms with Crippen molar-refractivity contribution >= 4 is 23.8 Å². The number of nitrogens with zero attached hydrogens (tertiary/aromatic N) is 1. The molecule has 2 heterocycles. The predicted molar refractivity (Wildman–Crippen MR) is 227 cm³/mol. The van der Waals surface area contributed by atoms with Crippen LogP contribution in [0.5, 0.6) is 11.5 Å². The van der Waals surface area contributed by atoms with Gasteiger partial charge in [0, 0.05) is 52.5 Å². The molecule has 1 fully saturated rings. The summed E-state index contributed by atoms with van der Waals surface area (Å²) in [5.74, 6) is 1.21. The van der Waals surface area contributed by atoms with Crippen LogP contribution in [-0.4, -0.2) is 95.8 Å². The van der Waals surface area contributed by atoms with Gasteiger partial charge in [-0.3, -0.25) is 0 Å². The van der Waals surface area contributed by atoms with Crippen LogP contribution in [-0.2, 0) is 28.5 Å². The van der Waals surface area contributed by atoms with Crippen LogP contribution in [0.4, 0.5) is 5.69 Å². The molecule has 4 atom stereocenters. The fourth-order valence-corrected chi connectivity index (χ4v) is 15.9. The lowest BCUT2D eigenvalue weighted by Gasteiger charge is -2.42. The van der Waals surface area contributed by atoms with E-state index in [1.165, 1.54) is 0 Å². The molecule has 0 spiro atoms. The monoisotopic (exact) mass is 810 g/mol. The van der Waals surface area contributed by atoms with Gasteiger partial charge in [0.15, 0.2) is 13.8 Å². The molecule has 3 aromatic rings. The fraction of sp³-hybridized carbons (Fsp3) is 0.591. The molecule has 0 aromatic heterocycles. The van der Waals surface area contributed by atoms with Crippen molar-refractivity contribution in [2.24, 2.45) is 0 Å². The maximum Gasteiger partial charge on any atom is 0.209 e. The van der Waals surface area contributed by atoms with E-state index in [0.29, 0.717) is 68.2 Å². The zero-order valence-corrected chi connectivity index (χ0v) is 36.9. The van der Waals surface area contributed by atoms with Crippen LogP contribution in [0.3, 0.4) is 0 Å². The number of methoxy groups -OCH3 is 2. The van der Waals surface area contributed by atoms with E-state index in [-0.39, 0.29) is 16.9 Å². The maximum atomic E-state index is 14.8. The number of ether oxygens (including phenoxy) is 5. The van der Waals surface area contributed by atoms with Gasteiger partial charge in [0.2, 0.25) is 9.84 Å². The number of piperidine rings is 1. The van der Waals surface area contributed by atoms with Crippen LogP contribution in [0.2, 0.25) is 16.6 Å². The summed E-state index contributed by atoms with van der Waals surface area (Å²) >= 11 is 0. The molecule has 5 rings (SSSR count). The molecular weight excluding hydrogens is 745 g/mol. The van der Waals surface area contributed by atoms with Crippen molar-refractivity contribution in [3.63, 3.8) is 0 Å². The van der Waals surface area contributed by atoms with E-state index >= 15 is 0 Å². The molecule has 10 nitrogen and oxygen atoms in total. The molecule has 56 heavy (non-hydrogen) atoms. The third-order valence-corrected chi connectivity index (χ3v) is 19.6. The number of fused-ring (bicyclic) bond motifs is 1. The average Bonchev–Trinajstić information content (AvgIpc) is 3.18. The quantitative estimate of drug-likeness (QED) is 0.0884. The normalized spacial score (nSPS) is 19.6. The maximum absolute atomic E-state index is 14.8. The highest BCUT2D eigenvalue weighted by atomic mass is 32.2. The first-order valence-corrected chi connectivity index (χ1v) is 24.1. The van der Waals surface area contributed by atoms with E-state index in [1.807, 2.05) is 61.5 Å². The Kier molecular flexibility index (Phi) is 15.9. The standard InChI is InChI=1S/C44H66N2O8SSi/c1-31(2)56(32(3)4,33(5)6)53-26-11-25-51-41-29-45-30-42(43(41)35-14-17-37(50-9)18-15-35)54-44(55(47,48)38-19-12-34(7)13-20-38)36-16-21-40-39(28-36)46(23-27-52-40)22-10-24-49-8/h12-21,28,31-33,41-45H,10-11,22-27,29-30H2,1-9H3/t41-,42+,43+,44?/m1/s1. The molecule has 0 bridgehead atoms. The molecule has 0 aliphatic carbocycles. The second kappa shape index (κ2) is 20.1. The zero-order chi connectivity index (χ0) is 40.5. The van der Waals surface area contributed by atoms with E-state index < -0.39 is 29.7 Å². The smallest absolute Gasteiger partial charge is 0.209 e. The minimum Gasteiger partial charge on any atom is -0.497 e. The molecule has 1 N–H and O–H groups in total. The Morgan fingerprint density at radius 2 is 1.52 bits per heavy atom. The van der Waals surface area contributed by atoms with E-state index in [0.717, 1.165) is 47.7 Å². The lowest BCUT2D eigenvalue weighted by Crippen LogP contribution is -2.51. The summed E-state index contributed by atoms with van der Waals surface area (Å²) in [5, 5.41) is 3.52. The van der Waals surface area contributed by atoms with E-state index in [1.54, 1.807) is 26.4 Å². The van der Waals surface area contributed by atoms with Crippen molar-refractivity contribution in [1.29, 1.82) is 0 Å². The predicted octanol–water partition coefficient (Wildman–Crippen LogP) is 8.45. The Bertz CT molecular complexity index is 1750. The summed E-state index contributed by atoms with van der Waals surface area (Å²) in [6.45, 7) is 20.6. The largest absolute Gasteiger partial charge is 0.497 e. The van der Waals surface area contributed by atoms with E-state index in [4.69, 9.17) is 28.1 Å². The molecule has 2 aliphatic heterocycles. The second-order valence-electron chi connectivity index (χ2n) is 16.2. The number of hydrogen-bond acceptors (Lipinski definition) is 10. The van der Waals surface area contributed by atoms with Crippen LogP contribution in [0.15, 0.2) is 71.6 Å². The van der Waals surface area contributed by atoms with Gasteiger partial charge in [0.05, 0.1) is 36.4 Å². The van der Waals surface area contributed by atoms with Crippen LogP contribution in [0, 0.1) is 6.92 Å². The van der Waals surface area contributed by atoms with Crippen molar-refractivity contribution in [3.05, 3.63) is 83.4 Å². The minimum absolute atomic E-state index is 0.209. The van der Waals surface area contributed by atoms with Gasteiger partial charge in [-0.15, -0.1) is 0 Å². The molecule has 1 unspecified atom stereocenters. The van der Waals surface area contributed by atoms with Gasteiger partial charge in [-0.05, 0) is 83.9 Å². The molecule has 0 saturated carbocycles. The third-order valence-electron chi connectivity index (χ3n) is 11.6. The number of aryl methyl sites for hydroxylation is 1. The zero-order valence-electron chi connectivity index (χ0n) is 35.1. The van der Waals surface area contributed by atoms with Gasteiger partial charge in [0.25, 0.3) is 0 Å². The number of benzene rings is 3. The van der Waals surface area contributed by atoms with Crippen LogP contribution in [0.1, 0.15) is 82.4 Å². The van der Waals surface area contributed by atoms with Crippen molar-refractivity contribution in [1.82, 2.24) is 5.32 Å². The summed E-state index contributed by atoms with van der Waals surface area (Å²) in [7, 11) is -2.68.